The third kappa shape index (κ3) is 3.53. The highest BCUT2D eigenvalue weighted by atomic mass is 16.5. The molecule has 0 atom stereocenters. The summed E-state index contributed by atoms with van der Waals surface area (Å²) in [4.78, 5) is 4.14. The number of aryl methyl sites for hydroxylation is 1. The van der Waals surface area contributed by atoms with E-state index >= 15 is 0 Å². The first kappa shape index (κ1) is 12.0. The van der Waals surface area contributed by atoms with E-state index in [0.717, 1.165) is 42.5 Å². The second kappa shape index (κ2) is 5.77. The molecule has 92 valence electrons. The molecule has 0 saturated heterocycles. The smallest absolute Gasteiger partial charge is 0.0735 e. The van der Waals surface area contributed by atoms with Crippen LogP contribution >= 0.6 is 0 Å². The van der Waals surface area contributed by atoms with Gasteiger partial charge in [-0.25, -0.2) is 0 Å². The predicted octanol–water partition coefficient (Wildman–Crippen LogP) is 2.68. The fourth-order valence-corrected chi connectivity index (χ4v) is 2.10. The molecule has 1 heterocycles. The van der Waals surface area contributed by atoms with Gasteiger partial charge in [0, 0.05) is 12.4 Å². The summed E-state index contributed by atoms with van der Waals surface area (Å²) in [5, 5.41) is 11.9. The van der Waals surface area contributed by atoms with Gasteiger partial charge in [-0.1, -0.05) is 11.2 Å². The lowest BCUT2D eigenvalue weighted by atomic mass is 9.96. The number of oxime groups is 1. The molecule has 1 aliphatic rings. The second-order valence-electron chi connectivity index (χ2n) is 4.55. The maximum absolute atomic E-state index is 8.65. The highest BCUT2D eigenvalue weighted by Gasteiger charge is 2.18. The van der Waals surface area contributed by atoms with E-state index < -0.39 is 0 Å². The first-order valence-corrected chi connectivity index (χ1v) is 6.00. The molecular formula is C13H18N2O2. The number of nitrogens with zero attached hydrogens (tertiary/aromatic N) is 2. The Balaban J connectivity index is 1.79. The number of ether oxygens (including phenoxy) is 1. The average Bonchev–Trinajstić information content (AvgIpc) is 2.37. The van der Waals surface area contributed by atoms with Crippen molar-refractivity contribution in [2.45, 2.75) is 45.3 Å². The van der Waals surface area contributed by atoms with Gasteiger partial charge in [-0.3, -0.25) is 4.98 Å². The van der Waals surface area contributed by atoms with Crippen molar-refractivity contribution < 1.29 is 9.94 Å². The van der Waals surface area contributed by atoms with Gasteiger partial charge >= 0.3 is 0 Å². The largest absolute Gasteiger partial charge is 0.411 e. The molecule has 4 nitrogen and oxygen atoms in total. The third-order valence-electron chi connectivity index (χ3n) is 3.07. The van der Waals surface area contributed by atoms with Crippen LogP contribution < -0.4 is 0 Å². The van der Waals surface area contributed by atoms with E-state index in [4.69, 9.17) is 9.94 Å². The van der Waals surface area contributed by atoms with Crippen LogP contribution in [0.15, 0.2) is 23.6 Å². The minimum absolute atomic E-state index is 0.279. The summed E-state index contributed by atoms with van der Waals surface area (Å²) < 4.78 is 5.84. The second-order valence-corrected chi connectivity index (χ2v) is 4.55. The van der Waals surface area contributed by atoms with Crippen molar-refractivity contribution in [3.05, 3.63) is 29.6 Å². The Morgan fingerprint density at radius 1 is 1.41 bits per heavy atom. The molecule has 0 aromatic carbocycles. The Labute approximate surface area is 101 Å². The molecule has 1 N–H and O–H groups in total. The molecule has 1 aromatic heterocycles. The van der Waals surface area contributed by atoms with Gasteiger partial charge in [-0.05, 0) is 43.7 Å². The fourth-order valence-electron chi connectivity index (χ4n) is 2.10. The van der Waals surface area contributed by atoms with Crippen molar-refractivity contribution in [3.63, 3.8) is 0 Å². The quantitative estimate of drug-likeness (QED) is 0.646. The third-order valence-corrected chi connectivity index (χ3v) is 3.07. The summed E-state index contributed by atoms with van der Waals surface area (Å²) >= 11 is 0. The first-order valence-electron chi connectivity index (χ1n) is 6.00. The van der Waals surface area contributed by atoms with E-state index in [0.29, 0.717) is 6.61 Å². The van der Waals surface area contributed by atoms with Crippen molar-refractivity contribution >= 4 is 5.71 Å². The molecular weight excluding hydrogens is 216 g/mol. The summed E-state index contributed by atoms with van der Waals surface area (Å²) in [5.74, 6) is 0. The molecule has 0 radical (unpaired) electrons. The van der Waals surface area contributed by atoms with Crippen LogP contribution in [0.1, 0.15) is 36.8 Å². The van der Waals surface area contributed by atoms with Crippen molar-refractivity contribution in [1.82, 2.24) is 4.98 Å². The summed E-state index contributed by atoms with van der Waals surface area (Å²) in [5.41, 5.74) is 3.16. The molecule has 4 heteroatoms. The molecule has 0 bridgehead atoms. The Kier molecular flexibility index (Phi) is 4.09. The maximum Gasteiger partial charge on any atom is 0.0735 e. The number of hydrogen-bond donors (Lipinski definition) is 1. The van der Waals surface area contributed by atoms with E-state index in [1.54, 1.807) is 0 Å². The molecule has 1 saturated carbocycles. The standard InChI is InChI=1S/C13H18N2O2/c1-10-6-11(8-14-7-10)9-17-13-4-2-12(15-16)3-5-13/h6-8,13,16H,2-5,9H2,1H3. The molecule has 0 amide bonds. The summed E-state index contributed by atoms with van der Waals surface area (Å²) in [7, 11) is 0. The highest BCUT2D eigenvalue weighted by Crippen LogP contribution is 2.20. The molecule has 0 unspecified atom stereocenters. The number of pyridine rings is 1. The molecule has 1 aromatic rings. The van der Waals surface area contributed by atoms with Crippen molar-refractivity contribution in [1.29, 1.82) is 0 Å². The van der Waals surface area contributed by atoms with E-state index in [1.807, 2.05) is 19.3 Å². The highest BCUT2D eigenvalue weighted by molar-refractivity contribution is 5.84. The number of rotatable bonds is 3. The number of hydrogen-bond acceptors (Lipinski definition) is 4. The lowest BCUT2D eigenvalue weighted by Gasteiger charge is -2.22. The first-order chi connectivity index (χ1) is 8.28. The van der Waals surface area contributed by atoms with Crippen LogP contribution in [0.4, 0.5) is 0 Å². The monoisotopic (exact) mass is 234 g/mol. The van der Waals surface area contributed by atoms with E-state index in [9.17, 15) is 0 Å². The summed E-state index contributed by atoms with van der Waals surface area (Å²) in [6.45, 7) is 2.64. The fraction of sp³-hybridized carbons (Fsp3) is 0.538. The van der Waals surface area contributed by atoms with E-state index in [2.05, 4.69) is 16.2 Å². The minimum Gasteiger partial charge on any atom is -0.411 e. The van der Waals surface area contributed by atoms with Gasteiger partial charge in [0.25, 0.3) is 0 Å². The van der Waals surface area contributed by atoms with Gasteiger partial charge in [-0.2, -0.15) is 0 Å². The van der Waals surface area contributed by atoms with Crippen molar-refractivity contribution in [2.75, 3.05) is 0 Å². The molecule has 0 spiro atoms. The van der Waals surface area contributed by atoms with Crippen LogP contribution in [0.25, 0.3) is 0 Å². The molecule has 2 rings (SSSR count). The van der Waals surface area contributed by atoms with Gasteiger partial charge in [0.1, 0.15) is 0 Å². The topological polar surface area (TPSA) is 54.7 Å². The Bertz CT molecular complexity index is 394. The van der Waals surface area contributed by atoms with Gasteiger partial charge in [0.05, 0.1) is 18.4 Å². The summed E-state index contributed by atoms with van der Waals surface area (Å²) in [6, 6.07) is 2.09. The Morgan fingerprint density at radius 3 is 2.82 bits per heavy atom. The van der Waals surface area contributed by atoms with Crippen LogP contribution in [0, 0.1) is 6.92 Å². The van der Waals surface area contributed by atoms with Gasteiger partial charge in [-0.15, -0.1) is 0 Å². The normalized spacial score (nSPS) is 20.3. The SMILES string of the molecule is Cc1cncc(COC2CCC(=NO)CC2)c1. The minimum atomic E-state index is 0.279. The average molecular weight is 234 g/mol. The van der Waals surface area contributed by atoms with Gasteiger partial charge < -0.3 is 9.94 Å². The Hall–Kier alpha value is -1.42. The zero-order valence-electron chi connectivity index (χ0n) is 10.1. The summed E-state index contributed by atoms with van der Waals surface area (Å²) in [6.07, 6.45) is 7.53. The predicted molar refractivity (Wildman–Crippen MR) is 65.2 cm³/mol. The lowest BCUT2D eigenvalue weighted by Crippen LogP contribution is -2.21. The molecule has 17 heavy (non-hydrogen) atoms. The van der Waals surface area contributed by atoms with Crippen LogP contribution in [-0.2, 0) is 11.3 Å². The number of aromatic nitrogens is 1. The molecule has 1 fully saturated rings. The zero-order chi connectivity index (χ0) is 12.1. The molecule has 0 aliphatic heterocycles. The van der Waals surface area contributed by atoms with Crippen molar-refractivity contribution in [3.8, 4) is 0 Å². The maximum atomic E-state index is 8.65. The van der Waals surface area contributed by atoms with E-state index in [-0.39, 0.29) is 6.10 Å². The molecule has 1 aliphatic carbocycles. The van der Waals surface area contributed by atoms with Crippen LogP contribution in [0.2, 0.25) is 0 Å². The lowest BCUT2D eigenvalue weighted by molar-refractivity contribution is 0.0275. The van der Waals surface area contributed by atoms with Gasteiger partial charge in [0.15, 0.2) is 0 Å². The Morgan fingerprint density at radius 2 is 2.18 bits per heavy atom. The van der Waals surface area contributed by atoms with Crippen LogP contribution in [-0.4, -0.2) is 22.0 Å². The van der Waals surface area contributed by atoms with Crippen LogP contribution in [0.3, 0.4) is 0 Å². The van der Waals surface area contributed by atoms with Crippen LogP contribution in [0.5, 0.6) is 0 Å². The zero-order valence-corrected chi connectivity index (χ0v) is 10.1. The van der Waals surface area contributed by atoms with E-state index in [1.165, 1.54) is 0 Å². The van der Waals surface area contributed by atoms with Crippen molar-refractivity contribution in [2.24, 2.45) is 5.16 Å². The van der Waals surface area contributed by atoms with Gasteiger partial charge in [0.2, 0.25) is 0 Å².